The number of nitriles is 1. The van der Waals surface area contributed by atoms with Gasteiger partial charge in [0, 0.05) is 12.3 Å². The topological polar surface area (TPSA) is 64.9 Å². The molecule has 1 atom stereocenters. The van der Waals surface area contributed by atoms with Crippen LogP contribution >= 0.6 is 11.8 Å². The van der Waals surface area contributed by atoms with Crippen LogP contribution in [0.5, 0.6) is 0 Å². The molecule has 17 heavy (non-hydrogen) atoms. The first-order chi connectivity index (χ1) is 8.18. The molecule has 4 nitrogen and oxygen atoms in total. The van der Waals surface area contributed by atoms with Crippen LogP contribution in [0.4, 0.5) is 0 Å². The molecule has 1 aliphatic carbocycles. The van der Waals surface area contributed by atoms with Crippen molar-refractivity contribution in [1.82, 2.24) is 10.6 Å². The molecule has 0 saturated heterocycles. The van der Waals surface area contributed by atoms with Crippen molar-refractivity contribution >= 4 is 17.7 Å². The molecule has 0 aromatic rings. The van der Waals surface area contributed by atoms with Gasteiger partial charge in [0.25, 0.3) is 0 Å². The summed E-state index contributed by atoms with van der Waals surface area (Å²) in [5.41, 5.74) is -0.425. The Morgan fingerprint density at radius 2 is 2.18 bits per heavy atom. The Hall–Kier alpha value is -0.730. The Balaban J connectivity index is 2.39. The zero-order valence-electron chi connectivity index (χ0n) is 10.6. The first-order valence-corrected chi connectivity index (χ1v) is 7.34. The van der Waals surface area contributed by atoms with Gasteiger partial charge in [-0.2, -0.15) is 5.26 Å². The number of hydrogen-bond donors (Lipinski definition) is 2. The number of hydrogen-bond acceptors (Lipinski definition) is 4. The molecule has 1 rings (SSSR count). The van der Waals surface area contributed by atoms with Crippen molar-refractivity contribution in [2.24, 2.45) is 5.92 Å². The van der Waals surface area contributed by atoms with E-state index in [1.54, 1.807) is 11.8 Å². The first-order valence-electron chi connectivity index (χ1n) is 6.19. The Morgan fingerprint density at radius 3 is 2.65 bits per heavy atom. The van der Waals surface area contributed by atoms with Gasteiger partial charge in [0.15, 0.2) is 0 Å². The second-order valence-electron chi connectivity index (χ2n) is 4.33. The fourth-order valence-electron chi connectivity index (χ4n) is 1.92. The molecule has 0 radical (unpaired) electrons. The minimum absolute atomic E-state index is 0.0524. The maximum absolute atomic E-state index is 11.3. The lowest BCUT2D eigenvalue weighted by Gasteiger charge is -2.27. The van der Waals surface area contributed by atoms with Crippen molar-refractivity contribution in [3.63, 3.8) is 0 Å². The maximum atomic E-state index is 11.3. The number of nitrogens with zero attached hydrogens (tertiary/aromatic N) is 1. The van der Waals surface area contributed by atoms with Crippen molar-refractivity contribution in [3.05, 3.63) is 0 Å². The number of carbonyl (C=O) groups is 1. The maximum Gasteiger partial charge on any atom is 0.229 e. The van der Waals surface area contributed by atoms with Crippen LogP contribution < -0.4 is 10.6 Å². The Kier molecular flexibility index (Phi) is 5.79. The largest absolute Gasteiger partial charge is 0.356 e. The lowest BCUT2D eigenvalue weighted by Crippen LogP contribution is -2.48. The van der Waals surface area contributed by atoms with E-state index in [-0.39, 0.29) is 5.91 Å². The van der Waals surface area contributed by atoms with Crippen LogP contribution in [-0.4, -0.2) is 36.0 Å². The minimum Gasteiger partial charge on any atom is -0.356 e. The second kappa shape index (κ2) is 6.87. The summed E-state index contributed by atoms with van der Waals surface area (Å²) in [4.78, 5) is 11.3. The highest BCUT2D eigenvalue weighted by molar-refractivity contribution is 8.00. The van der Waals surface area contributed by atoms with Crippen LogP contribution in [0.1, 0.15) is 26.7 Å². The minimum atomic E-state index is -0.425. The molecule has 2 N–H and O–H groups in total. The van der Waals surface area contributed by atoms with Gasteiger partial charge < -0.3 is 5.32 Å². The molecule has 0 spiro atoms. The third kappa shape index (κ3) is 4.21. The molecule has 1 aliphatic rings. The van der Waals surface area contributed by atoms with Gasteiger partial charge in [0.1, 0.15) is 5.54 Å². The van der Waals surface area contributed by atoms with E-state index in [0.29, 0.717) is 24.0 Å². The summed E-state index contributed by atoms with van der Waals surface area (Å²) >= 11 is 1.54. The Morgan fingerprint density at radius 1 is 1.47 bits per heavy atom. The second-order valence-corrected chi connectivity index (χ2v) is 5.32. The van der Waals surface area contributed by atoms with E-state index in [4.69, 9.17) is 0 Å². The van der Waals surface area contributed by atoms with Gasteiger partial charge in [-0.15, -0.1) is 11.8 Å². The van der Waals surface area contributed by atoms with Crippen LogP contribution in [0.25, 0.3) is 0 Å². The highest BCUT2D eigenvalue weighted by atomic mass is 32.2. The average molecular weight is 255 g/mol. The van der Waals surface area contributed by atoms with Crippen molar-refractivity contribution in [2.45, 2.75) is 32.2 Å². The molecule has 1 fully saturated rings. The monoisotopic (exact) mass is 255 g/mol. The lowest BCUT2D eigenvalue weighted by molar-refractivity contribution is -0.118. The van der Waals surface area contributed by atoms with Crippen molar-refractivity contribution in [1.29, 1.82) is 5.26 Å². The summed E-state index contributed by atoms with van der Waals surface area (Å²) in [7, 11) is 0. The standard InChI is InChI=1S/C12H21N3OS/c1-3-14-11(16)7-17-9-12(8-13,15-4-2)10-5-6-10/h10,15H,3-7,9H2,1-2H3,(H,14,16). The number of rotatable bonds is 8. The number of amides is 1. The Bertz CT molecular complexity index is 299. The predicted molar refractivity (Wildman–Crippen MR) is 70.8 cm³/mol. The quantitative estimate of drug-likeness (QED) is 0.682. The highest BCUT2D eigenvalue weighted by Gasteiger charge is 2.45. The summed E-state index contributed by atoms with van der Waals surface area (Å²) in [6, 6.07) is 2.42. The summed E-state index contributed by atoms with van der Waals surface area (Å²) in [5, 5.41) is 15.4. The molecule has 0 aromatic heterocycles. The van der Waals surface area contributed by atoms with Crippen LogP contribution in [0.2, 0.25) is 0 Å². The molecule has 96 valence electrons. The molecular formula is C12H21N3OS. The fourth-order valence-corrected chi connectivity index (χ4v) is 3.03. The fraction of sp³-hybridized carbons (Fsp3) is 0.833. The van der Waals surface area contributed by atoms with E-state index < -0.39 is 5.54 Å². The molecule has 0 heterocycles. The predicted octanol–water partition coefficient (Wildman–Crippen LogP) is 1.14. The number of thioether (sulfide) groups is 1. The normalized spacial score (nSPS) is 18.2. The third-order valence-corrected chi connectivity index (χ3v) is 4.03. The average Bonchev–Trinajstić information content (AvgIpc) is 3.12. The summed E-state index contributed by atoms with van der Waals surface area (Å²) < 4.78 is 0. The van der Waals surface area contributed by atoms with E-state index in [1.807, 2.05) is 13.8 Å². The van der Waals surface area contributed by atoms with Gasteiger partial charge in [0.2, 0.25) is 5.91 Å². The first kappa shape index (κ1) is 14.3. The third-order valence-electron chi connectivity index (χ3n) is 2.90. The van der Waals surface area contributed by atoms with Gasteiger partial charge in [-0.05, 0) is 32.2 Å². The van der Waals surface area contributed by atoms with Gasteiger partial charge in [-0.3, -0.25) is 10.1 Å². The van der Waals surface area contributed by atoms with E-state index in [9.17, 15) is 10.1 Å². The molecule has 1 unspecified atom stereocenters. The summed E-state index contributed by atoms with van der Waals surface area (Å²) in [6.45, 7) is 5.39. The van der Waals surface area contributed by atoms with E-state index in [2.05, 4.69) is 16.7 Å². The smallest absolute Gasteiger partial charge is 0.229 e. The zero-order chi connectivity index (χ0) is 12.7. The van der Waals surface area contributed by atoms with Gasteiger partial charge in [-0.1, -0.05) is 6.92 Å². The van der Waals surface area contributed by atoms with Gasteiger partial charge in [-0.25, -0.2) is 0 Å². The van der Waals surface area contributed by atoms with Gasteiger partial charge in [0.05, 0.1) is 11.8 Å². The molecule has 1 saturated carbocycles. The number of carbonyl (C=O) groups excluding carboxylic acids is 1. The number of nitrogens with one attached hydrogen (secondary N) is 2. The van der Waals surface area contributed by atoms with Crippen molar-refractivity contribution < 1.29 is 4.79 Å². The van der Waals surface area contributed by atoms with Crippen LogP contribution in [0, 0.1) is 17.2 Å². The molecule has 5 heteroatoms. The van der Waals surface area contributed by atoms with E-state index in [0.717, 1.165) is 19.4 Å². The summed E-state index contributed by atoms with van der Waals surface area (Å²) in [5.74, 6) is 1.65. The molecule has 1 amide bonds. The van der Waals surface area contributed by atoms with Crippen molar-refractivity contribution in [2.75, 3.05) is 24.6 Å². The van der Waals surface area contributed by atoms with E-state index in [1.165, 1.54) is 0 Å². The lowest BCUT2D eigenvalue weighted by atomic mass is 9.98. The SMILES string of the molecule is CCNC(=O)CSCC(C#N)(NCC)C1CC1. The van der Waals surface area contributed by atoms with Crippen LogP contribution in [0.3, 0.4) is 0 Å². The van der Waals surface area contributed by atoms with Crippen molar-refractivity contribution in [3.8, 4) is 6.07 Å². The Labute approximate surface area is 108 Å². The highest BCUT2D eigenvalue weighted by Crippen LogP contribution is 2.41. The zero-order valence-corrected chi connectivity index (χ0v) is 11.4. The molecule has 0 aromatic carbocycles. The van der Waals surface area contributed by atoms with Crippen LogP contribution in [0.15, 0.2) is 0 Å². The molecule has 0 bridgehead atoms. The summed E-state index contributed by atoms with van der Waals surface area (Å²) in [6.07, 6.45) is 2.25. The van der Waals surface area contributed by atoms with Gasteiger partial charge >= 0.3 is 0 Å². The van der Waals surface area contributed by atoms with E-state index >= 15 is 0 Å². The molecule has 0 aliphatic heterocycles. The molecular weight excluding hydrogens is 234 g/mol. The van der Waals surface area contributed by atoms with Crippen LogP contribution in [-0.2, 0) is 4.79 Å².